The van der Waals surface area contributed by atoms with Crippen molar-refractivity contribution in [2.45, 2.75) is 6.92 Å². The highest BCUT2D eigenvalue weighted by atomic mass is 14.7. The van der Waals surface area contributed by atoms with Crippen molar-refractivity contribution in [3.05, 3.63) is 84.4 Å². The summed E-state index contributed by atoms with van der Waals surface area (Å²) in [5.41, 5.74) is 7.44. The molecule has 1 N–H and O–H groups in total. The van der Waals surface area contributed by atoms with Crippen molar-refractivity contribution in [3.63, 3.8) is 0 Å². The zero-order valence-electron chi connectivity index (χ0n) is 12.5. The highest BCUT2D eigenvalue weighted by Crippen LogP contribution is 2.38. The summed E-state index contributed by atoms with van der Waals surface area (Å²) >= 11 is 0. The summed E-state index contributed by atoms with van der Waals surface area (Å²) in [7, 11) is 0. The van der Waals surface area contributed by atoms with E-state index in [9.17, 15) is 0 Å². The second kappa shape index (κ2) is 5.19. The highest BCUT2D eigenvalue weighted by molar-refractivity contribution is 6.04. The highest BCUT2D eigenvalue weighted by Gasteiger charge is 2.15. The minimum Gasteiger partial charge on any atom is -0.354 e. The van der Waals surface area contributed by atoms with Crippen LogP contribution in [-0.4, -0.2) is 4.98 Å². The molecule has 0 spiro atoms. The number of aromatic nitrogens is 1. The van der Waals surface area contributed by atoms with Crippen molar-refractivity contribution >= 4 is 10.9 Å². The van der Waals surface area contributed by atoms with Crippen LogP contribution >= 0.6 is 0 Å². The fourth-order valence-corrected chi connectivity index (χ4v) is 3.09. The maximum absolute atomic E-state index is 3.65. The predicted octanol–water partition coefficient (Wildman–Crippen LogP) is 5.81. The topological polar surface area (TPSA) is 15.8 Å². The molecule has 0 aliphatic rings. The molecule has 3 aromatic carbocycles. The van der Waals surface area contributed by atoms with Crippen LogP contribution in [0.5, 0.6) is 0 Å². The molecule has 0 unspecified atom stereocenters. The number of nitrogens with one attached hydrogen (secondary N) is 1. The zero-order chi connectivity index (χ0) is 14.9. The number of hydrogen-bond acceptors (Lipinski definition) is 0. The van der Waals surface area contributed by atoms with Gasteiger partial charge in [0, 0.05) is 16.5 Å². The maximum atomic E-state index is 3.65. The molecule has 0 radical (unpaired) electrons. The van der Waals surface area contributed by atoms with E-state index in [1.165, 1.54) is 38.9 Å². The number of aryl methyl sites for hydroxylation is 1. The van der Waals surface area contributed by atoms with E-state index < -0.39 is 0 Å². The van der Waals surface area contributed by atoms with Gasteiger partial charge in [0.2, 0.25) is 0 Å². The first-order chi connectivity index (χ1) is 10.8. The Morgan fingerprint density at radius 1 is 0.636 bits per heavy atom. The lowest BCUT2D eigenvalue weighted by atomic mass is 9.98. The van der Waals surface area contributed by atoms with Crippen LogP contribution in [0.25, 0.3) is 33.3 Å². The van der Waals surface area contributed by atoms with Crippen LogP contribution in [0.15, 0.2) is 78.9 Å². The lowest BCUT2D eigenvalue weighted by Gasteiger charge is -2.05. The van der Waals surface area contributed by atoms with E-state index in [-0.39, 0.29) is 0 Å². The molecule has 0 atom stereocenters. The predicted molar refractivity (Wildman–Crippen MR) is 93.9 cm³/mol. The van der Waals surface area contributed by atoms with Crippen molar-refractivity contribution in [2.24, 2.45) is 0 Å². The standard InChI is InChI=1S/C21H17N/c1-15-9-8-14-18-19(16-10-4-2-5-11-16)21(22-20(15)18)17-12-6-3-7-13-17/h2-14,22H,1H3. The molecule has 0 saturated carbocycles. The monoisotopic (exact) mass is 283 g/mol. The number of rotatable bonds is 2. The van der Waals surface area contributed by atoms with Crippen molar-refractivity contribution < 1.29 is 0 Å². The first-order valence-electron chi connectivity index (χ1n) is 7.57. The molecule has 106 valence electrons. The quantitative estimate of drug-likeness (QED) is 0.478. The van der Waals surface area contributed by atoms with Gasteiger partial charge in [0.05, 0.1) is 5.69 Å². The molecule has 4 aromatic rings. The van der Waals surface area contributed by atoms with Crippen LogP contribution in [0.4, 0.5) is 0 Å². The Kier molecular flexibility index (Phi) is 3.05. The molecule has 0 bridgehead atoms. The minimum absolute atomic E-state index is 1.19. The second-order valence-electron chi connectivity index (χ2n) is 5.60. The molecule has 1 aromatic heterocycles. The van der Waals surface area contributed by atoms with E-state index in [4.69, 9.17) is 0 Å². The van der Waals surface area contributed by atoms with Crippen LogP contribution in [-0.2, 0) is 0 Å². The van der Waals surface area contributed by atoms with Gasteiger partial charge in [0.25, 0.3) is 0 Å². The summed E-state index contributed by atoms with van der Waals surface area (Å²) in [5, 5.41) is 1.28. The average Bonchev–Trinajstić information content (AvgIpc) is 2.97. The minimum atomic E-state index is 1.19. The molecule has 4 rings (SSSR count). The summed E-state index contributed by atoms with van der Waals surface area (Å²) in [6.45, 7) is 2.16. The molecule has 0 saturated heterocycles. The Morgan fingerprint density at radius 3 is 1.95 bits per heavy atom. The van der Waals surface area contributed by atoms with Crippen molar-refractivity contribution in [1.82, 2.24) is 4.98 Å². The SMILES string of the molecule is Cc1cccc2c(-c3ccccc3)c(-c3ccccc3)[nH]c12. The summed E-state index contributed by atoms with van der Waals surface area (Å²) < 4.78 is 0. The third kappa shape index (κ3) is 2.03. The first kappa shape index (κ1) is 12.9. The number of hydrogen-bond donors (Lipinski definition) is 1. The van der Waals surface area contributed by atoms with Gasteiger partial charge in [-0.1, -0.05) is 78.9 Å². The Labute approximate surface area is 130 Å². The third-order valence-corrected chi connectivity index (χ3v) is 4.17. The Balaban J connectivity index is 2.10. The molecule has 1 heterocycles. The van der Waals surface area contributed by atoms with Crippen molar-refractivity contribution in [3.8, 4) is 22.4 Å². The van der Waals surface area contributed by atoms with Crippen LogP contribution in [0.1, 0.15) is 5.56 Å². The van der Waals surface area contributed by atoms with Gasteiger partial charge in [-0.3, -0.25) is 0 Å². The van der Waals surface area contributed by atoms with E-state index >= 15 is 0 Å². The van der Waals surface area contributed by atoms with Gasteiger partial charge in [0.15, 0.2) is 0 Å². The van der Waals surface area contributed by atoms with Crippen LogP contribution < -0.4 is 0 Å². The Hall–Kier alpha value is -2.80. The number of fused-ring (bicyclic) bond motifs is 1. The van der Waals surface area contributed by atoms with Crippen LogP contribution in [0.2, 0.25) is 0 Å². The normalized spacial score (nSPS) is 11.0. The first-order valence-corrected chi connectivity index (χ1v) is 7.57. The van der Waals surface area contributed by atoms with Gasteiger partial charge in [-0.05, 0) is 23.6 Å². The van der Waals surface area contributed by atoms with Gasteiger partial charge in [0.1, 0.15) is 0 Å². The van der Waals surface area contributed by atoms with E-state index in [1.54, 1.807) is 0 Å². The molecule has 0 fully saturated rings. The van der Waals surface area contributed by atoms with Gasteiger partial charge in [-0.25, -0.2) is 0 Å². The largest absolute Gasteiger partial charge is 0.354 e. The Morgan fingerprint density at radius 2 is 1.27 bits per heavy atom. The van der Waals surface area contributed by atoms with E-state index in [1.807, 2.05) is 0 Å². The second-order valence-corrected chi connectivity index (χ2v) is 5.60. The number of benzene rings is 3. The van der Waals surface area contributed by atoms with Gasteiger partial charge < -0.3 is 4.98 Å². The molecule has 22 heavy (non-hydrogen) atoms. The molecule has 1 nitrogen and oxygen atoms in total. The molecule has 1 heteroatoms. The van der Waals surface area contributed by atoms with Crippen molar-refractivity contribution in [2.75, 3.05) is 0 Å². The summed E-state index contributed by atoms with van der Waals surface area (Å²) in [6, 6.07) is 27.6. The lowest BCUT2D eigenvalue weighted by Crippen LogP contribution is -1.82. The summed E-state index contributed by atoms with van der Waals surface area (Å²) in [4.78, 5) is 3.65. The fraction of sp³-hybridized carbons (Fsp3) is 0.0476. The number of para-hydroxylation sites is 1. The van der Waals surface area contributed by atoms with Gasteiger partial charge in [-0.15, -0.1) is 0 Å². The Bertz CT molecular complexity index is 918. The van der Waals surface area contributed by atoms with Crippen molar-refractivity contribution in [1.29, 1.82) is 0 Å². The zero-order valence-corrected chi connectivity index (χ0v) is 12.5. The third-order valence-electron chi connectivity index (χ3n) is 4.17. The smallest absolute Gasteiger partial charge is 0.0544 e. The average molecular weight is 283 g/mol. The number of H-pyrrole nitrogens is 1. The molecule has 0 aliphatic heterocycles. The summed E-state index contributed by atoms with van der Waals surface area (Å²) in [6.07, 6.45) is 0. The van der Waals surface area contributed by atoms with E-state index in [0.29, 0.717) is 0 Å². The molecule has 0 aliphatic carbocycles. The van der Waals surface area contributed by atoms with E-state index in [2.05, 4.69) is 90.8 Å². The molecular formula is C21H17N. The maximum Gasteiger partial charge on any atom is 0.0544 e. The molecular weight excluding hydrogens is 266 g/mol. The van der Waals surface area contributed by atoms with Crippen LogP contribution in [0, 0.1) is 6.92 Å². The van der Waals surface area contributed by atoms with Gasteiger partial charge >= 0.3 is 0 Å². The fourth-order valence-electron chi connectivity index (χ4n) is 3.09. The molecule has 0 amide bonds. The summed E-state index contributed by atoms with van der Waals surface area (Å²) in [5.74, 6) is 0. The number of aromatic amines is 1. The van der Waals surface area contributed by atoms with E-state index in [0.717, 1.165) is 0 Å². The van der Waals surface area contributed by atoms with Crippen LogP contribution in [0.3, 0.4) is 0 Å². The lowest BCUT2D eigenvalue weighted by molar-refractivity contribution is 1.41. The van der Waals surface area contributed by atoms with Gasteiger partial charge in [-0.2, -0.15) is 0 Å².